The second-order valence-electron chi connectivity index (χ2n) is 7.70. The molecule has 1 aromatic heterocycles. The van der Waals surface area contributed by atoms with Crippen LogP contribution >= 0.6 is 0 Å². The molecule has 0 saturated carbocycles. The molecule has 0 saturated heterocycles. The van der Waals surface area contributed by atoms with Crippen molar-refractivity contribution < 1.29 is 36.4 Å². The molecule has 8 heteroatoms. The SMILES string of the molecule is COc1cc(OC)cc(-c2cc(=C3C=CC=C3)nc3c2=C([O-])N(C)C(=O)N3C)c1.[Fe+2].c1cc[cH-]c1. The van der Waals surface area contributed by atoms with Gasteiger partial charge in [-0.25, -0.2) is 21.9 Å². The average molecular weight is 511 g/mol. The molecule has 2 aromatic carbocycles. The molecule has 2 amide bonds. The predicted molar refractivity (Wildman–Crippen MR) is 131 cm³/mol. The van der Waals surface area contributed by atoms with Crippen LogP contribution in [0, 0.1) is 0 Å². The number of aromatic nitrogens is 1. The molecule has 3 aromatic rings. The number of benzene rings is 1. The number of hydrogen-bond donors (Lipinski definition) is 0. The molecule has 1 aliphatic heterocycles. The van der Waals surface area contributed by atoms with Gasteiger partial charge in [0.2, 0.25) is 0 Å². The van der Waals surface area contributed by atoms with Crippen molar-refractivity contribution in [2.24, 2.45) is 0 Å². The van der Waals surface area contributed by atoms with Crippen molar-refractivity contribution in [2.75, 3.05) is 33.2 Å². The minimum absolute atomic E-state index is 0. The van der Waals surface area contributed by atoms with Gasteiger partial charge >= 0.3 is 23.1 Å². The molecule has 0 spiro atoms. The number of nitrogens with zero attached hydrogens (tertiary/aromatic N) is 3. The molecule has 5 rings (SSSR count). The van der Waals surface area contributed by atoms with Crippen molar-refractivity contribution in [1.29, 1.82) is 0 Å². The smallest absolute Gasteiger partial charge is 0.859 e. The van der Waals surface area contributed by atoms with Crippen LogP contribution in [-0.4, -0.2) is 44.2 Å². The van der Waals surface area contributed by atoms with Crippen LogP contribution in [0.4, 0.5) is 10.6 Å². The second kappa shape index (κ2) is 11.0. The Kier molecular flexibility index (Phi) is 8.12. The van der Waals surface area contributed by atoms with E-state index in [1.54, 1.807) is 27.3 Å². The van der Waals surface area contributed by atoms with E-state index in [9.17, 15) is 9.90 Å². The van der Waals surface area contributed by atoms with Crippen LogP contribution in [0.1, 0.15) is 0 Å². The first-order chi connectivity index (χ1) is 16.4. The van der Waals surface area contributed by atoms with Gasteiger partial charge in [0.15, 0.2) is 0 Å². The fraction of sp³-hybridized carbons (Fsp3) is 0.148. The number of amides is 2. The summed E-state index contributed by atoms with van der Waals surface area (Å²) in [5.41, 5.74) is 2.29. The molecule has 7 nitrogen and oxygen atoms in total. The van der Waals surface area contributed by atoms with Crippen LogP contribution in [0.2, 0.25) is 0 Å². The molecular formula is C27H25FeN3O4. The zero-order valence-electron chi connectivity index (χ0n) is 19.8. The van der Waals surface area contributed by atoms with Crippen molar-refractivity contribution >= 4 is 23.3 Å². The van der Waals surface area contributed by atoms with Crippen LogP contribution in [0.3, 0.4) is 0 Å². The van der Waals surface area contributed by atoms with Gasteiger partial charge in [-0.3, -0.25) is 4.90 Å². The third-order valence-electron chi connectivity index (χ3n) is 5.59. The van der Waals surface area contributed by atoms with Gasteiger partial charge in [-0.05, 0) is 35.2 Å². The van der Waals surface area contributed by atoms with Crippen LogP contribution < -0.4 is 30.0 Å². The summed E-state index contributed by atoms with van der Waals surface area (Å²) in [5.74, 6) is 1.12. The molecule has 0 unspecified atom stereocenters. The Balaban J connectivity index is 0.000000509. The van der Waals surface area contributed by atoms with Gasteiger partial charge in [-0.2, -0.15) is 18.2 Å². The molecule has 35 heavy (non-hydrogen) atoms. The minimum Gasteiger partial charge on any atom is -0.859 e. The van der Waals surface area contributed by atoms with Crippen LogP contribution in [0.25, 0.3) is 22.6 Å². The molecule has 2 aliphatic rings. The fourth-order valence-corrected chi connectivity index (χ4v) is 3.76. The normalized spacial score (nSPS) is 13.8. The van der Waals surface area contributed by atoms with Crippen molar-refractivity contribution in [3.05, 3.63) is 89.5 Å². The van der Waals surface area contributed by atoms with E-state index in [0.717, 1.165) is 16.0 Å². The average Bonchev–Trinajstić information content (AvgIpc) is 3.62. The summed E-state index contributed by atoms with van der Waals surface area (Å²) in [6, 6.07) is 16.9. The van der Waals surface area contributed by atoms with Crippen LogP contribution in [-0.2, 0) is 17.1 Å². The summed E-state index contributed by atoms with van der Waals surface area (Å²) in [7, 11) is 6.22. The minimum atomic E-state index is -0.427. The topological polar surface area (TPSA) is 78.0 Å². The van der Waals surface area contributed by atoms with Crippen molar-refractivity contribution in [2.45, 2.75) is 0 Å². The first-order valence-corrected chi connectivity index (χ1v) is 10.7. The maximum atomic E-state index is 13.0. The summed E-state index contributed by atoms with van der Waals surface area (Å²) < 4.78 is 10.8. The number of ether oxygens (including phenoxy) is 2. The van der Waals surface area contributed by atoms with E-state index in [1.807, 2.05) is 72.8 Å². The van der Waals surface area contributed by atoms with Crippen molar-refractivity contribution in [3.63, 3.8) is 0 Å². The van der Waals surface area contributed by atoms with E-state index in [-0.39, 0.29) is 17.1 Å². The Morgan fingerprint density at radius 3 is 2.03 bits per heavy atom. The van der Waals surface area contributed by atoms with Crippen LogP contribution in [0.5, 0.6) is 11.5 Å². The van der Waals surface area contributed by atoms with Gasteiger partial charge in [0.05, 0.1) is 19.6 Å². The summed E-state index contributed by atoms with van der Waals surface area (Å²) in [6.07, 6.45) is 7.70. The van der Waals surface area contributed by atoms with E-state index in [0.29, 0.717) is 33.4 Å². The summed E-state index contributed by atoms with van der Waals surface area (Å²) in [5, 5.41) is 14.1. The molecule has 0 fully saturated rings. The summed E-state index contributed by atoms with van der Waals surface area (Å²) in [4.78, 5) is 19.6. The van der Waals surface area contributed by atoms with E-state index < -0.39 is 11.9 Å². The van der Waals surface area contributed by atoms with E-state index in [1.165, 1.54) is 11.9 Å². The fourth-order valence-electron chi connectivity index (χ4n) is 3.76. The predicted octanol–water partition coefficient (Wildman–Crippen LogP) is 2.37. The first kappa shape index (κ1) is 25.7. The Morgan fingerprint density at radius 1 is 0.914 bits per heavy atom. The van der Waals surface area contributed by atoms with E-state index in [4.69, 9.17) is 9.47 Å². The third kappa shape index (κ3) is 5.14. The molecule has 2 heterocycles. The number of fused-ring (bicyclic) bond motifs is 1. The maximum Gasteiger partial charge on any atom is 2.00 e. The number of rotatable bonds is 3. The molecular weight excluding hydrogens is 486 g/mol. The van der Waals surface area contributed by atoms with Crippen LogP contribution in [0.15, 0.2) is 78.9 Å². The number of urea groups is 1. The van der Waals surface area contributed by atoms with Gasteiger partial charge in [0.25, 0.3) is 0 Å². The Labute approximate surface area is 214 Å². The monoisotopic (exact) mass is 511 g/mol. The summed E-state index contributed by atoms with van der Waals surface area (Å²) in [6.45, 7) is 0. The number of methoxy groups -OCH3 is 2. The van der Waals surface area contributed by atoms with Crippen molar-refractivity contribution in [3.8, 4) is 22.6 Å². The molecule has 0 atom stereocenters. The zero-order valence-corrected chi connectivity index (χ0v) is 20.9. The van der Waals surface area contributed by atoms with Gasteiger partial charge in [0.1, 0.15) is 17.3 Å². The van der Waals surface area contributed by atoms with Gasteiger partial charge in [0, 0.05) is 31.0 Å². The van der Waals surface area contributed by atoms with Crippen molar-refractivity contribution in [1.82, 2.24) is 9.88 Å². The molecule has 0 radical (unpaired) electrons. The molecule has 180 valence electrons. The largest absolute Gasteiger partial charge is 2.00 e. The van der Waals surface area contributed by atoms with E-state index >= 15 is 0 Å². The van der Waals surface area contributed by atoms with Gasteiger partial charge < -0.3 is 19.5 Å². The second-order valence-corrected chi connectivity index (χ2v) is 7.70. The molecule has 1 aliphatic carbocycles. The van der Waals surface area contributed by atoms with E-state index in [2.05, 4.69) is 4.98 Å². The quantitative estimate of drug-likeness (QED) is 0.399. The van der Waals surface area contributed by atoms with Gasteiger partial charge in [-0.1, -0.05) is 24.3 Å². The standard InChI is InChI=1S/C22H21N3O4.C5H5.Fe/c1-24-20-19(21(26)25(2)22(24)27)17(12-18(23-20)13-7-5-6-8-13)14-9-15(28-3)11-16(10-14)29-4;1-2-4-5-3-1;/h5-12,26H,1-4H3;1-5H;/q;-1;+2/p-1. The molecule has 0 N–H and O–H groups in total. The first-order valence-electron chi connectivity index (χ1n) is 10.7. The maximum absolute atomic E-state index is 13.0. The number of anilines is 1. The number of carbonyl (C=O) groups is 1. The molecule has 0 bridgehead atoms. The Morgan fingerprint density at radius 2 is 1.51 bits per heavy atom. The number of allylic oxidation sites excluding steroid dienone is 4. The Bertz CT molecular complexity index is 1340. The van der Waals surface area contributed by atoms with Gasteiger partial charge in [-0.15, -0.1) is 0 Å². The zero-order chi connectivity index (χ0) is 24.2. The number of hydrogen-bond acceptors (Lipinski definition) is 5. The number of carbonyl (C=O) groups excluding carboxylic acids is 1. The number of pyridine rings is 1. The summed E-state index contributed by atoms with van der Waals surface area (Å²) >= 11 is 0. The third-order valence-corrected chi connectivity index (χ3v) is 5.59. The Hall–Kier alpha value is -3.87.